The third-order valence-electron chi connectivity index (χ3n) is 3.40. The van der Waals surface area contributed by atoms with Gasteiger partial charge in [-0.05, 0) is 18.2 Å². The molecule has 4 heteroatoms. The lowest BCUT2D eigenvalue weighted by Crippen LogP contribution is -2.02. The Balaban J connectivity index is 1.92. The third-order valence-corrected chi connectivity index (χ3v) is 3.69. The zero-order valence-electron chi connectivity index (χ0n) is 11.1. The predicted octanol–water partition coefficient (Wildman–Crippen LogP) is 4.95. The summed E-state index contributed by atoms with van der Waals surface area (Å²) in [6.45, 7) is 0.321. The monoisotopic (exact) mass is 301 g/mol. The quantitative estimate of drug-likeness (QED) is 0.717. The van der Waals surface area contributed by atoms with Crippen molar-refractivity contribution < 1.29 is 9.50 Å². The SMILES string of the molecule is Oc1cccc2c(NCc3cccc(Cl)c3F)cccc12. The van der Waals surface area contributed by atoms with Crippen molar-refractivity contribution in [2.75, 3.05) is 5.32 Å². The molecule has 21 heavy (non-hydrogen) atoms. The molecule has 0 aliphatic rings. The molecule has 3 aromatic carbocycles. The van der Waals surface area contributed by atoms with Crippen molar-refractivity contribution >= 4 is 28.1 Å². The van der Waals surface area contributed by atoms with Crippen molar-refractivity contribution in [1.82, 2.24) is 0 Å². The van der Waals surface area contributed by atoms with Crippen LogP contribution in [0.25, 0.3) is 10.8 Å². The number of rotatable bonds is 3. The summed E-state index contributed by atoms with van der Waals surface area (Å²) >= 11 is 5.78. The number of aromatic hydroxyl groups is 1. The Kier molecular flexibility index (Phi) is 3.67. The van der Waals surface area contributed by atoms with Gasteiger partial charge in [-0.3, -0.25) is 0 Å². The van der Waals surface area contributed by atoms with Crippen LogP contribution in [-0.2, 0) is 6.54 Å². The fourth-order valence-corrected chi connectivity index (χ4v) is 2.52. The number of halogens is 2. The first-order chi connectivity index (χ1) is 10.2. The highest BCUT2D eigenvalue weighted by Gasteiger charge is 2.07. The lowest BCUT2D eigenvalue weighted by Gasteiger charge is -2.11. The number of nitrogens with one attached hydrogen (secondary N) is 1. The van der Waals surface area contributed by atoms with Crippen LogP contribution >= 0.6 is 11.6 Å². The second-order valence-electron chi connectivity index (χ2n) is 4.74. The van der Waals surface area contributed by atoms with Gasteiger partial charge >= 0.3 is 0 Å². The normalized spacial score (nSPS) is 10.8. The highest BCUT2D eigenvalue weighted by molar-refractivity contribution is 6.30. The lowest BCUT2D eigenvalue weighted by atomic mass is 10.1. The minimum atomic E-state index is -0.408. The maximum atomic E-state index is 13.9. The number of fused-ring (bicyclic) bond motifs is 1. The van der Waals surface area contributed by atoms with Gasteiger partial charge in [0, 0.05) is 28.6 Å². The van der Waals surface area contributed by atoms with Gasteiger partial charge in [0.25, 0.3) is 0 Å². The van der Waals surface area contributed by atoms with Gasteiger partial charge in [0.1, 0.15) is 11.6 Å². The van der Waals surface area contributed by atoms with Crippen LogP contribution in [0.2, 0.25) is 5.02 Å². The van der Waals surface area contributed by atoms with E-state index in [1.54, 1.807) is 24.3 Å². The number of anilines is 1. The molecule has 2 nitrogen and oxygen atoms in total. The van der Waals surface area contributed by atoms with Gasteiger partial charge in [0.05, 0.1) is 5.02 Å². The van der Waals surface area contributed by atoms with Gasteiger partial charge in [-0.1, -0.05) is 48.0 Å². The van der Waals surface area contributed by atoms with E-state index in [0.29, 0.717) is 12.1 Å². The van der Waals surface area contributed by atoms with E-state index in [9.17, 15) is 9.50 Å². The first-order valence-electron chi connectivity index (χ1n) is 6.54. The molecule has 106 valence electrons. The van der Waals surface area contributed by atoms with Crippen LogP contribution in [0.5, 0.6) is 5.75 Å². The number of hydrogen-bond acceptors (Lipinski definition) is 2. The Hall–Kier alpha value is -2.26. The maximum Gasteiger partial charge on any atom is 0.146 e. The summed E-state index contributed by atoms with van der Waals surface area (Å²) in [4.78, 5) is 0. The maximum absolute atomic E-state index is 13.9. The van der Waals surface area contributed by atoms with Crippen molar-refractivity contribution in [3.05, 3.63) is 71.0 Å². The molecule has 0 aliphatic carbocycles. The van der Waals surface area contributed by atoms with Crippen LogP contribution in [0.4, 0.5) is 10.1 Å². The third kappa shape index (κ3) is 2.65. The summed E-state index contributed by atoms with van der Waals surface area (Å²) in [5, 5.41) is 14.8. The number of hydrogen-bond donors (Lipinski definition) is 2. The first kappa shape index (κ1) is 13.7. The molecule has 2 N–H and O–H groups in total. The van der Waals surface area contributed by atoms with Gasteiger partial charge in [-0.15, -0.1) is 0 Å². The van der Waals surface area contributed by atoms with Crippen LogP contribution in [0.3, 0.4) is 0 Å². The molecule has 3 aromatic rings. The smallest absolute Gasteiger partial charge is 0.146 e. The fourth-order valence-electron chi connectivity index (χ4n) is 2.32. The molecule has 0 radical (unpaired) electrons. The molecule has 0 aliphatic heterocycles. The van der Waals surface area contributed by atoms with Gasteiger partial charge in [0.2, 0.25) is 0 Å². The van der Waals surface area contributed by atoms with Gasteiger partial charge in [-0.25, -0.2) is 4.39 Å². The van der Waals surface area contributed by atoms with E-state index in [-0.39, 0.29) is 10.8 Å². The minimum absolute atomic E-state index is 0.116. The second kappa shape index (κ2) is 5.62. The van der Waals surface area contributed by atoms with Crippen LogP contribution < -0.4 is 5.32 Å². The Morgan fingerprint density at radius 2 is 1.67 bits per heavy atom. The molecule has 0 bridgehead atoms. The summed E-state index contributed by atoms with van der Waals surface area (Å²) in [7, 11) is 0. The van der Waals surface area contributed by atoms with E-state index in [1.165, 1.54) is 6.07 Å². The molecule has 0 spiro atoms. The number of phenolic OH excluding ortho intramolecular Hbond substituents is 1. The summed E-state index contributed by atoms with van der Waals surface area (Å²) in [6, 6.07) is 15.8. The Morgan fingerprint density at radius 3 is 2.52 bits per heavy atom. The molecule has 0 saturated carbocycles. The first-order valence-corrected chi connectivity index (χ1v) is 6.92. The Bertz CT molecular complexity index is 804. The highest BCUT2D eigenvalue weighted by Crippen LogP contribution is 2.30. The molecule has 0 saturated heterocycles. The average Bonchev–Trinajstić information content (AvgIpc) is 2.49. The Morgan fingerprint density at radius 1 is 0.952 bits per heavy atom. The molecular weight excluding hydrogens is 289 g/mol. The molecule has 0 aromatic heterocycles. The van der Waals surface area contributed by atoms with Gasteiger partial charge in [0.15, 0.2) is 0 Å². The highest BCUT2D eigenvalue weighted by atomic mass is 35.5. The van der Waals surface area contributed by atoms with E-state index in [2.05, 4.69) is 5.32 Å². The predicted molar refractivity (Wildman–Crippen MR) is 84.3 cm³/mol. The summed E-state index contributed by atoms with van der Waals surface area (Å²) in [5.74, 6) is -0.181. The topological polar surface area (TPSA) is 32.3 Å². The van der Waals surface area contributed by atoms with Crippen LogP contribution in [0, 0.1) is 5.82 Å². The van der Waals surface area contributed by atoms with Crippen molar-refractivity contribution in [2.45, 2.75) is 6.54 Å². The van der Waals surface area contributed by atoms with Crippen molar-refractivity contribution in [1.29, 1.82) is 0 Å². The Labute approximate surface area is 126 Å². The number of benzene rings is 3. The largest absolute Gasteiger partial charge is 0.507 e. The van der Waals surface area contributed by atoms with Crippen LogP contribution in [-0.4, -0.2) is 5.11 Å². The number of phenols is 1. The summed E-state index contributed by atoms with van der Waals surface area (Å²) in [6.07, 6.45) is 0. The summed E-state index contributed by atoms with van der Waals surface area (Å²) < 4.78 is 13.9. The van der Waals surface area contributed by atoms with E-state index < -0.39 is 5.82 Å². The molecule has 0 amide bonds. The van der Waals surface area contributed by atoms with E-state index in [0.717, 1.165) is 16.5 Å². The van der Waals surface area contributed by atoms with Crippen molar-refractivity contribution in [3.63, 3.8) is 0 Å². The standard InChI is InChI=1S/C17H13ClFNO/c18-14-7-1-4-11(17(14)19)10-20-15-8-2-6-13-12(15)5-3-9-16(13)21/h1-9,20-21H,10H2. The molecule has 0 atom stereocenters. The average molecular weight is 302 g/mol. The van der Waals surface area contributed by atoms with E-state index in [1.807, 2.05) is 24.3 Å². The summed E-state index contributed by atoms with van der Waals surface area (Å²) in [5.41, 5.74) is 1.34. The lowest BCUT2D eigenvalue weighted by molar-refractivity contribution is 0.481. The fraction of sp³-hybridized carbons (Fsp3) is 0.0588. The van der Waals surface area contributed by atoms with Gasteiger partial charge in [-0.2, -0.15) is 0 Å². The zero-order valence-corrected chi connectivity index (χ0v) is 11.9. The molecule has 0 heterocycles. The zero-order chi connectivity index (χ0) is 14.8. The van der Waals surface area contributed by atoms with E-state index in [4.69, 9.17) is 11.6 Å². The molecule has 0 fully saturated rings. The van der Waals surface area contributed by atoms with Crippen LogP contribution in [0.15, 0.2) is 54.6 Å². The molecular formula is C17H13ClFNO. The van der Waals surface area contributed by atoms with Crippen molar-refractivity contribution in [2.24, 2.45) is 0 Å². The molecule has 3 rings (SSSR count). The van der Waals surface area contributed by atoms with E-state index >= 15 is 0 Å². The minimum Gasteiger partial charge on any atom is -0.507 e. The second-order valence-corrected chi connectivity index (χ2v) is 5.15. The molecule has 0 unspecified atom stereocenters. The van der Waals surface area contributed by atoms with Crippen molar-refractivity contribution in [3.8, 4) is 5.75 Å². The van der Waals surface area contributed by atoms with Crippen LogP contribution in [0.1, 0.15) is 5.56 Å². The van der Waals surface area contributed by atoms with Gasteiger partial charge < -0.3 is 10.4 Å².